The Kier molecular flexibility index (Phi) is 11.6. The topological polar surface area (TPSA) is 193 Å². The van der Waals surface area contributed by atoms with E-state index in [4.69, 9.17) is 10.5 Å². The van der Waals surface area contributed by atoms with Gasteiger partial charge in [-0.25, -0.2) is 26.7 Å². The zero-order chi connectivity index (χ0) is 39.5. The van der Waals surface area contributed by atoms with Gasteiger partial charge in [-0.1, -0.05) is 24.3 Å². The Bertz CT molecular complexity index is 2260. The smallest absolute Gasteiger partial charge is 0.326 e. The van der Waals surface area contributed by atoms with Crippen LogP contribution in [0.3, 0.4) is 0 Å². The Hall–Kier alpha value is -5.57. The summed E-state index contributed by atoms with van der Waals surface area (Å²) in [7, 11) is -4.15. The van der Waals surface area contributed by atoms with Crippen LogP contribution in [0.4, 0.5) is 8.78 Å². The number of carboxylic acids is 1. The van der Waals surface area contributed by atoms with E-state index in [1.165, 1.54) is 48.5 Å². The largest absolute Gasteiger partial charge is 0.487 e. The maximum atomic E-state index is 14.2. The fourth-order valence-corrected chi connectivity index (χ4v) is 8.24. The number of hydrogen-bond acceptors (Lipinski definition) is 7. The summed E-state index contributed by atoms with van der Waals surface area (Å²) in [5.74, 6) is -3.88. The summed E-state index contributed by atoms with van der Waals surface area (Å²) in [5.41, 5.74) is 8.09. The molecular weight excluding hydrogens is 721 g/mol. The highest BCUT2D eigenvalue weighted by Gasteiger charge is 2.34. The number of fused-ring (bicyclic) bond motifs is 1. The van der Waals surface area contributed by atoms with Crippen molar-refractivity contribution in [3.63, 3.8) is 0 Å². The van der Waals surface area contributed by atoms with Gasteiger partial charge in [0.15, 0.2) is 0 Å². The number of halogens is 2. The average molecular weight is 764 g/mol. The molecule has 0 saturated carbocycles. The molecule has 0 radical (unpaired) electrons. The number of nitrogens with zero attached hydrogens (tertiary/aromatic N) is 1. The maximum Gasteiger partial charge on any atom is 0.326 e. The first kappa shape index (κ1) is 39.6. The lowest BCUT2D eigenvalue weighted by Crippen LogP contribution is -2.42. The summed E-state index contributed by atoms with van der Waals surface area (Å²) in [6.45, 7) is 9.15. The molecule has 15 heteroatoms. The Balaban J connectivity index is 1.25. The molecule has 1 aromatic heterocycles. The highest BCUT2D eigenvalue weighted by molar-refractivity contribution is 7.90. The van der Waals surface area contributed by atoms with E-state index in [1.54, 1.807) is 26.0 Å². The van der Waals surface area contributed by atoms with Crippen molar-refractivity contribution < 1.29 is 36.6 Å². The molecule has 0 unspecified atom stereocenters. The van der Waals surface area contributed by atoms with Gasteiger partial charge in [0, 0.05) is 18.2 Å². The lowest BCUT2D eigenvalue weighted by molar-refractivity contribution is -0.139. The number of carboxylic acid groups (broad SMARTS) is 1. The first-order valence-electron chi connectivity index (χ1n) is 17.3. The van der Waals surface area contributed by atoms with Gasteiger partial charge in [-0.05, 0) is 130 Å². The van der Waals surface area contributed by atoms with Gasteiger partial charge in [0.1, 0.15) is 34.6 Å². The number of benzene rings is 3. The highest BCUT2D eigenvalue weighted by atomic mass is 32.2. The fourth-order valence-electron chi connectivity index (χ4n) is 6.72. The molecule has 1 atom stereocenters. The Labute approximate surface area is 311 Å². The number of guanidine groups is 1. The third kappa shape index (κ3) is 8.79. The molecule has 0 spiro atoms. The van der Waals surface area contributed by atoms with E-state index in [0.29, 0.717) is 34.4 Å². The number of carbonyl (C=O) groups excluding carboxylic acids is 1. The van der Waals surface area contributed by atoms with Crippen molar-refractivity contribution in [2.45, 2.75) is 82.8 Å². The van der Waals surface area contributed by atoms with E-state index < -0.39 is 51.1 Å². The van der Waals surface area contributed by atoms with Crippen LogP contribution < -0.4 is 26.1 Å². The second kappa shape index (κ2) is 15.8. The van der Waals surface area contributed by atoms with E-state index in [2.05, 4.69) is 20.0 Å². The fraction of sp³-hybridized carbons (Fsp3) is 0.333. The minimum Gasteiger partial charge on any atom is -0.487 e. The van der Waals surface area contributed by atoms with Crippen molar-refractivity contribution in [2.75, 3.05) is 6.54 Å². The van der Waals surface area contributed by atoms with Crippen LogP contribution in [0.2, 0.25) is 0 Å². The van der Waals surface area contributed by atoms with Gasteiger partial charge >= 0.3 is 5.97 Å². The minimum atomic E-state index is -4.15. The predicted octanol–water partition coefficient (Wildman–Crippen LogP) is 5.12. The second-order valence-electron chi connectivity index (χ2n) is 14.0. The zero-order valence-corrected chi connectivity index (χ0v) is 31.4. The maximum absolute atomic E-state index is 14.2. The summed E-state index contributed by atoms with van der Waals surface area (Å²) in [4.78, 5) is 45.0. The number of nitrogens with one attached hydrogen (secondary N) is 3. The quantitative estimate of drug-likeness (QED) is 0.0746. The third-order valence-electron chi connectivity index (χ3n) is 9.56. The number of hydrogen-bond donors (Lipinski definition) is 5. The van der Waals surface area contributed by atoms with Crippen LogP contribution in [0, 0.1) is 32.4 Å². The standard InChI is InChI=1S/C39H43F2N5O7S/c1-21-22(2)34(23(3)28-16-17-39(4,5)53-33(21)28)54(51,52)46-38(42)43-18-8-13-31(37(49)50)45-36(48)29-14-15-30(44-35(29)47)32(24-9-6-11-26(40)19-24)25-10-7-12-27(41)20-25/h6-7,9-12,14-15,19-20,31-32H,8,13,16-18H2,1-5H3,(H,44,47)(H,45,48)(H,49,50)(H3,42,43,46)/t31-/m0/s1. The van der Waals surface area contributed by atoms with Gasteiger partial charge in [-0.3, -0.25) is 14.6 Å². The third-order valence-corrected chi connectivity index (χ3v) is 11.2. The second-order valence-corrected chi connectivity index (χ2v) is 15.6. The van der Waals surface area contributed by atoms with Crippen LogP contribution >= 0.6 is 0 Å². The molecule has 1 aliphatic heterocycles. The summed E-state index contributed by atoms with van der Waals surface area (Å²) in [5, 5.41) is 12.1. The zero-order valence-electron chi connectivity index (χ0n) is 30.5. The van der Waals surface area contributed by atoms with Crippen molar-refractivity contribution in [3.05, 3.63) is 127 Å². The molecule has 3 aromatic carbocycles. The van der Waals surface area contributed by atoms with Gasteiger partial charge in [0.25, 0.3) is 21.5 Å². The van der Waals surface area contributed by atoms with Gasteiger partial charge in [-0.15, -0.1) is 0 Å². The Morgan fingerprint density at radius 2 is 1.63 bits per heavy atom. The van der Waals surface area contributed by atoms with Crippen molar-refractivity contribution >= 4 is 27.9 Å². The molecule has 6 N–H and O–H groups in total. The van der Waals surface area contributed by atoms with Crippen LogP contribution in [-0.4, -0.2) is 54.5 Å². The van der Waals surface area contributed by atoms with Gasteiger partial charge < -0.3 is 25.9 Å². The lowest BCUT2D eigenvalue weighted by Gasteiger charge is -2.35. The average Bonchev–Trinajstić information content (AvgIpc) is 3.08. The molecule has 0 bridgehead atoms. The van der Waals surface area contributed by atoms with Gasteiger partial charge in [0.05, 0.1) is 4.90 Å². The molecule has 1 amide bonds. The van der Waals surface area contributed by atoms with Crippen LogP contribution in [-0.2, 0) is 21.2 Å². The summed E-state index contributed by atoms with van der Waals surface area (Å²) in [6, 6.07) is 12.4. The number of aromatic nitrogens is 1. The van der Waals surface area contributed by atoms with Crippen LogP contribution in [0.5, 0.6) is 5.75 Å². The van der Waals surface area contributed by atoms with E-state index in [0.717, 1.165) is 17.5 Å². The lowest BCUT2D eigenvalue weighted by atomic mass is 9.88. The number of amides is 1. The Morgan fingerprint density at radius 3 is 2.20 bits per heavy atom. The number of rotatable bonds is 12. The van der Waals surface area contributed by atoms with Crippen molar-refractivity contribution in [2.24, 2.45) is 10.7 Å². The van der Waals surface area contributed by atoms with Crippen LogP contribution in [0.25, 0.3) is 0 Å². The predicted molar refractivity (Wildman–Crippen MR) is 199 cm³/mol. The molecule has 4 aromatic rings. The van der Waals surface area contributed by atoms with E-state index >= 15 is 0 Å². The molecule has 54 heavy (non-hydrogen) atoms. The van der Waals surface area contributed by atoms with Gasteiger partial charge in [-0.2, -0.15) is 0 Å². The number of aliphatic imine (C=N–C) groups is 1. The minimum absolute atomic E-state index is 0.0745. The molecule has 5 rings (SSSR count). The monoisotopic (exact) mass is 763 g/mol. The summed E-state index contributed by atoms with van der Waals surface area (Å²) < 4.78 is 63.8. The van der Waals surface area contributed by atoms with Crippen LogP contribution in [0.15, 0.2) is 75.3 Å². The van der Waals surface area contributed by atoms with Crippen molar-refractivity contribution in [3.8, 4) is 5.75 Å². The molecule has 0 fully saturated rings. The molecule has 2 heterocycles. The normalized spacial score (nSPS) is 14.6. The van der Waals surface area contributed by atoms with Crippen LogP contribution in [0.1, 0.15) is 88.5 Å². The molecule has 12 nitrogen and oxygen atoms in total. The number of nitrogens with two attached hydrogens (primary N) is 1. The van der Waals surface area contributed by atoms with Gasteiger partial charge in [0.2, 0.25) is 5.96 Å². The molecule has 1 aliphatic rings. The number of aliphatic carboxylic acids is 1. The summed E-state index contributed by atoms with van der Waals surface area (Å²) in [6.07, 6.45) is 1.33. The molecule has 0 aliphatic carbocycles. The number of H-pyrrole nitrogens is 1. The van der Waals surface area contributed by atoms with Crippen molar-refractivity contribution in [1.82, 2.24) is 15.0 Å². The Morgan fingerprint density at radius 1 is 1.00 bits per heavy atom. The number of pyridine rings is 1. The van der Waals surface area contributed by atoms with E-state index in [1.807, 2.05) is 20.8 Å². The first-order valence-corrected chi connectivity index (χ1v) is 18.8. The SMILES string of the molecule is Cc1c(C)c(S(=O)(=O)NC(N)=NCCC[C@H](NC(=O)c2ccc(C(c3cccc(F)c3)c3cccc(F)c3)[nH]c2=O)C(=O)O)c(C)c2c1OC(C)(C)CC2. The number of sulfonamides is 1. The molecule has 0 saturated heterocycles. The van der Waals surface area contributed by atoms with E-state index in [9.17, 15) is 36.7 Å². The highest BCUT2D eigenvalue weighted by Crippen LogP contribution is 2.42. The first-order chi connectivity index (χ1) is 25.4. The number of ether oxygens (including phenoxy) is 1. The number of aromatic amines is 1. The summed E-state index contributed by atoms with van der Waals surface area (Å²) >= 11 is 0. The molecule has 286 valence electrons. The molecular formula is C39H43F2N5O7S. The number of carbonyl (C=O) groups is 2. The van der Waals surface area contributed by atoms with Crippen molar-refractivity contribution in [1.29, 1.82) is 0 Å². The van der Waals surface area contributed by atoms with E-state index in [-0.39, 0.29) is 47.1 Å².